The molecule has 0 atom stereocenters. The van der Waals surface area contributed by atoms with Crippen LogP contribution in [0.5, 0.6) is 0 Å². The summed E-state index contributed by atoms with van der Waals surface area (Å²) < 4.78 is 0. The number of nitrogens with one attached hydrogen (secondary N) is 3. The summed E-state index contributed by atoms with van der Waals surface area (Å²) in [5.41, 5.74) is 2.53. The van der Waals surface area contributed by atoms with Crippen molar-refractivity contribution >= 4 is 39.9 Å². The van der Waals surface area contributed by atoms with E-state index in [1.807, 2.05) is 48.5 Å². The van der Waals surface area contributed by atoms with Gasteiger partial charge in [-0.05, 0) is 46.7 Å². The Morgan fingerprint density at radius 3 is 2.12 bits per heavy atom. The highest BCUT2D eigenvalue weighted by Gasteiger charge is 2.10. The normalized spacial score (nSPS) is 10.4. The molecular weight excluding hydrogens is 414 g/mol. The lowest BCUT2D eigenvalue weighted by Crippen LogP contribution is -2.33. The van der Waals surface area contributed by atoms with Crippen molar-refractivity contribution < 1.29 is 14.4 Å². The standard InChI is InChI=1S/C27H23N3O3/c31-25(16-21-12-6-11-19-8-4-5-15-24(19)21)28-18-26(32)29-22-13-7-14-23(17-22)30-27(33)20-9-2-1-3-10-20/h1-15,17H,16,18H2,(H,28,31)(H,29,32)(H,30,33). The van der Waals surface area contributed by atoms with Gasteiger partial charge in [0.25, 0.3) is 5.91 Å². The fraction of sp³-hybridized carbons (Fsp3) is 0.0741. The number of carbonyl (C=O) groups excluding carboxylic acids is 3. The van der Waals surface area contributed by atoms with E-state index in [-0.39, 0.29) is 30.7 Å². The average molecular weight is 437 g/mol. The number of hydrogen-bond donors (Lipinski definition) is 3. The van der Waals surface area contributed by atoms with Crippen LogP contribution in [0.2, 0.25) is 0 Å². The van der Waals surface area contributed by atoms with E-state index in [1.54, 1.807) is 48.5 Å². The molecule has 0 saturated carbocycles. The Morgan fingerprint density at radius 2 is 1.30 bits per heavy atom. The molecule has 33 heavy (non-hydrogen) atoms. The first-order valence-corrected chi connectivity index (χ1v) is 10.6. The molecule has 164 valence electrons. The summed E-state index contributed by atoms with van der Waals surface area (Å²) in [4.78, 5) is 37.0. The van der Waals surface area contributed by atoms with E-state index in [1.165, 1.54) is 0 Å². The number of rotatable bonds is 7. The van der Waals surface area contributed by atoms with Crippen LogP contribution in [0.1, 0.15) is 15.9 Å². The van der Waals surface area contributed by atoms with E-state index in [0.29, 0.717) is 16.9 Å². The predicted octanol–water partition coefficient (Wildman–Crippen LogP) is 4.39. The van der Waals surface area contributed by atoms with Crippen molar-refractivity contribution in [1.29, 1.82) is 0 Å². The van der Waals surface area contributed by atoms with E-state index in [0.717, 1.165) is 16.3 Å². The Hall–Kier alpha value is -4.45. The molecule has 0 aliphatic heterocycles. The van der Waals surface area contributed by atoms with E-state index < -0.39 is 0 Å². The lowest BCUT2D eigenvalue weighted by molar-refractivity contribution is -0.123. The summed E-state index contributed by atoms with van der Waals surface area (Å²) in [6.45, 7) is -0.149. The van der Waals surface area contributed by atoms with Gasteiger partial charge in [0, 0.05) is 16.9 Å². The average Bonchev–Trinajstić information content (AvgIpc) is 2.84. The van der Waals surface area contributed by atoms with Gasteiger partial charge < -0.3 is 16.0 Å². The van der Waals surface area contributed by atoms with Crippen LogP contribution in [-0.2, 0) is 16.0 Å². The smallest absolute Gasteiger partial charge is 0.255 e. The molecule has 0 heterocycles. The van der Waals surface area contributed by atoms with Crippen molar-refractivity contribution in [3.05, 3.63) is 108 Å². The first-order valence-electron chi connectivity index (χ1n) is 10.6. The molecule has 0 bridgehead atoms. The summed E-state index contributed by atoms with van der Waals surface area (Å²) in [6, 6.07) is 29.4. The molecule has 3 amide bonds. The van der Waals surface area contributed by atoms with Crippen molar-refractivity contribution in [2.24, 2.45) is 0 Å². The van der Waals surface area contributed by atoms with Gasteiger partial charge in [-0.15, -0.1) is 0 Å². The second-order valence-corrected chi connectivity index (χ2v) is 7.54. The van der Waals surface area contributed by atoms with Gasteiger partial charge in [-0.3, -0.25) is 14.4 Å². The molecule has 6 nitrogen and oxygen atoms in total. The molecule has 4 aromatic rings. The highest BCUT2D eigenvalue weighted by molar-refractivity contribution is 6.04. The number of carbonyl (C=O) groups is 3. The van der Waals surface area contributed by atoms with Gasteiger partial charge in [-0.25, -0.2) is 0 Å². The van der Waals surface area contributed by atoms with E-state index in [4.69, 9.17) is 0 Å². The minimum Gasteiger partial charge on any atom is -0.347 e. The molecule has 0 fully saturated rings. The second kappa shape index (κ2) is 10.2. The minimum atomic E-state index is -0.354. The summed E-state index contributed by atoms with van der Waals surface area (Å²) >= 11 is 0. The van der Waals surface area contributed by atoms with Crippen LogP contribution < -0.4 is 16.0 Å². The van der Waals surface area contributed by atoms with Gasteiger partial charge in [0.2, 0.25) is 11.8 Å². The molecule has 0 unspecified atom stereocenters. The number of hydrogen-bond acceptors (Lipinski definition) is 3. The molecule has 4 rings (SSSR count). The molecule has 6 heteroatoms. The molecular formula is C27H23N3O3. The quantitative estimate of drug-likeness (QED) is 0.401. The maximum atomic E-state index is 12.4. The summed E-state index contributed by atoms with van der Waals surface area (Å²) in [7, 11) is 0. The predicted molar refractivity (Wildman–Crippen MR) is 130 cm³/mol. The Labute approximate surface area is 191 Å². The number of benzene rings is 4. The van der Waals surface area contributed by atoms with E-state index in [2.05, 4.69) is 16.0 Å². The van der Waals surface area contributed by atoms with Crippen LogP contribution in [0.15, 0.2) is 97.1 Å². The third-order valence-corrected chi connectivity index (χ3v) is 5.12. The first-order chi connectivity index (χ1) is 16.1. The molecule has 0 aromatic heterocycles. The molecule has 0 aliphatic carbocycles. The molecule has 0 radical (unpaired) electrons. The third-order valence-electron chi connectivity index (χ3n) is 5.12. The van der Waals surface area contributed by atoms with Gasteiger partial charge in [-0.1, -0.05) is 66.7 Å². The van der Waals surface area contributed by atoms with Crippen molar-refractivity contribution in [2.75, 3.05) is 17.2 Å². The Balaban J connectivity index is 1.30. The molecule has 4 aromatic carbocycles. The maximum Gasteiger partial charge on any atom is 0.255 e. The highest BCUT2D eigenvalue weighted by atomic mass is 16.2. The summed E-state index contributed by atoms with van der Waals surface area (Å²) in [5.74, 6) is -0.821. The van der Waals surface area contributed by atoms with Crippen LogP contribution in [0.25, 0.3) is 10.8 Å². The van der Waals surface area contributed by atoms with E-state index in [9.17, 15) is 14.4 Å². The molecule has 0 saturated heterocycles. The SMILES string of the molecule is O=C(Cc1cccc2ccccc12)NCC(=O)Nc1cccc(NC(=O)c2ccccc2)c1. The van der Waals surface area contributed by atoms with Crippen molar-refractivity contribution in [2.45, 2.75) is 6.42 Å². The minimum absolute atomic E-state index is 0.149. The summed E-state index contributed by atoms with van der Waals surface area (Å²) in [6.07, 6.45) is 0.190. The highest BCUT2D eigenvalue weighted by Crippen LogP contribution is 2.19. The number of anilines is 2. The second-order valence-electron chi connectivity index (χ2n) is 7.54. The van der Waals surface area contributed by atoms with Crippen molar-refractivity contribution in [3.8, 4) is 0 Å². The zero-order chi connectivity index (χ0) is 23.0. The van der Waals surface area contributed by atoms with Gasteiger partial charge in [0.1, 0.15) is 0 Å². The van der Waals surface area contributed by atoms with Crippen LogP contribution in [0, 0.1) is 0 Å². The van der Waals surface area contributed by atoms with Crippen molar-refractivity contribution in [3.63, 3.8) is 0 Å². The molecule has 3 N–H and O–H groups in total. The van der Waals surface area contributed by atoms with E-state index >= 15 is 0 Å². The monoisotopic (exact) mass is 437 g/mol. The van der Waals surface area contributed by atoms with Crippen LogP contribution in [0.4, 0.5) is 11.4 Å². The fourth-order valence-corrected chi connectivity index (χ4v) is 3.53. The zero-order valence-electron chi connectivity index (χ0n) is 17.9. The number of fused-ring (bicyclic) bond motifs is 1. The zero-order valence-corrected chi connectivity index (χ0v) is 17.9. The van der Waals surface area contributed by atoms with Gasteiger partial charge in [0.15, 0.2) is 0 Å². The third kappa shape index (κ3) is 5.83. The molecule has 0 aliphatic rings. The number of amides is 3. The van der Waals surface area contributed by atoms with Crippen molar-refractivity contribution in [1.82, 2.24) is 5.32 Å². The Bertz CT molecular complexity index is 1300. The van der Waals surface area contributed by atoms with Gasteiger partial charge in [-0.2, -0.15) is 0 Å². The lowest BCUT2D eigenvalue weighted by atomic mass is 10.0. The van der Waals surface area contributed by atoms with Crippen LogP contribution in [-0.4, -0.2) is 24.3 Å². The first kappa shape index (κ1) is 21.8. The summed E-state index contributed by atoms with van der Waals surface area (Å²) in [5, 5.41) is 10.3. The maximum absolute atomic E-state index is 12.4. The Kier molecular flexibility index (Phi) is 6.75. The van der Waals surface area contributed by atoms with Crippen LogP contribution >= 0.6 is 0 Å². The Morgan fingerprint density at radius 1 is 0.636 bits per heavy atom. The largest absolute Gasteiger partial charge is 0.347 e. The van der Waals surface area contributed by atoms with Crippen LogP contribution in [0.3, 0.4) is 0 Å². The fourth-order valence-electron chi connectivity index (χ4n) is 3.53. The lowest BCUT2D eigenvalue weighted by Gasteiger charge is -2.10. The topological polar surface area (TPSA) is 87.3 Å². The van der Waals surface area contributed by atoms with Gasteiger partial charge in [0.05, 0.1) is 13.0 Å². The van der Waals surface area contributed by atoms with Gasteiger partial charge >= 0.3 is 0 Å². The molecule has 0 spiro atoms.